The molecule has 148 valence electrons. The summed E-state index contributed by atoms with van der Waals surface area (Å²) < 4.78 is 42.8. The first-order valence-electron chi connectivity index (χ1n) is 8.22. The van der Waals surface area contributed by atoms with Crippen LogP contribution in [0.15, 0.2) is 54.6 Å². The highest BCUT2D eigenvalue weighted by Crippen LogP contribution is 2.29. The Morgan fingerprint density at radius 2 is 1.89 bits per heavy atom. The van der Waals surface area contributed by atoms with Crippen LogP contribution in [0.25, 0.3) is 6.08 Å². The van der Waals surface area contributed by atoms with E-state index in [2.05, 4.69) is 5.32 Å². The van der Waals surface area contributed by atoms with E-state index in [9.17, 15) is 22.8 Å². The second-order valence-corrected chi connectivity index (χ2v) is 6.28. The van der Waals surface area contributed by atoms with Gasteiger partial charge in [-0.25, -0.2) is 4.79 Å². The summed E-state index contributed by atoms with van der Waals surface area (Å²) in [5.41, 5.74) is 0.0767. The Balaban J connectivity index is 1.86. The number of ether oxygens (including phenoxy) is 1. The maximum atomic E-state index is 12.7. The number of hydrogen-bond donors (Lipinski definition) is 1. The summed E-state index contributed by atoms with van der Waals surface area (Å²) >= 11 is 6.05. The highest BCUT2D eigenvalue weighted by Gasteiger charge is 2.30. The summed E-state index contributed by atoms with van der Waals surface area (Å²) in [6, 6.07) is 11.1. The largest absolute Gasteiger partial charge is 0.452 e. The van der Waals surface area contributed by atoms with Crippen LogP contribution in [0, 0.1) is 0 Å². The van der Waals surface area contributed by atoms with Crippen molar-refractivity contribution in [2.75, 3.05) is 6.61 Å². The highest BCUT2D eigenvalue weighted by atomic mass is 35.5. The second-order valence-electron chi connectivity index (χ2n) is 5.87. The minimum Gasteiger partial charge on any atom is -0.452 e. The van der Waals surface area contributed by atoms with Crippen LogP contribution >= 0.6 is 11.6 Å². The molecule has 4 nitrogen and oxygen atoms in total. The lowest BCUT2D eigenvalue weighted by Crippen LogP contribution is -2.31. The smallest absolute Gasteiger partial charge is 0.416 e. The van der Waals surface area contributed by atoms with Crippen molar-refractivity contribution >= 4 is 29.6 Å². The summed E-state index contributed by atoms with van der Waals surface area (Å²) in [6.07, 6.45) is -2.33. The molecule has 0 bridgehead atoms. The number of amides is 1. The monoisotopic (exact) mass is 411 g/mol. The number of halogens is 4. The van der Waals surface area contributed by atoms with Crippen molar-refractivity contribution in [3.05, 3.63) is 76.3 Å². The third-order valence-corrected chi connectivity index (χ3v) is 4.06. The average Bonchev–Trinajstić information content (AvgIpc) is 2.64. The van der Waals surface area contributed by atoms with E-state index in [0.717, 1.165) is 18.2 Å². The Bertz CT molecular complexity index is 881. The molecule has 2 rings (SSSR count). The van der Waals surface area contributed by atoms with Gasteiger partial charge in [0.25, 0.3) is 5.91 Å². The van der Waals surface area contributed by atoms with Crippen LogP contribution in [0.2, 0.25) is 5.02 Å². The van der Waals surface area contributed by atoms with E-state index in [1.165, 1.54) is 18.2 Å². The van der Waals surface area contributed by atoms with E-state index in [1.807, 2.05) is 0 Å². The molecule has 1 amide bonds. The molecule has 0 heterocycles. The molecule has 0 aromatic heterocycles. The first-order valence-corrected chi connectivity index (χ1v) is 8.60. The van der Waals surface area contributed by atoms with Gasteiger partial charge in [0, 0.05) is 11.1 Å². The molecule has 0 aliphatic carbocycles. The highest BCUT2D eigenvalue weighted by molar-refractivity contribution is 6.31. The van der Waals surface area contributed by atoms with Crippen LogP contribution in [-0.2, 0) is 20.5 Å². The molecular formula is C20H17ClF3NO3. The molecule has 0 saturated heterocycles. The number of carbonyl (C=O) groups is 2. The first kappa shape index (κ1) is 21.5. The van der Waals surface area contributed by atoms with Crippen molar-refractivity contribution in [1.29, 1.82) is 0 Å². The topological polar surface area (TPSA) is 55.4 Å². The minimum absolute atomic E-state index is 0.184. The van der Waals surface area contributed by atoms with Gasteiger partial charge in [-0.2, -0.15) is 13.2 Å². The van der Waals surface area contributed by atoms with Crippen LogP contribution in [-0.4, -0.2) is 18.5 Å². The molecule has 1 N–H and O–H groups in total. The van der Waals surface area contributed by atoms with Crippen molar-refractivity contribution in [1.82, 2.24) is 5.32 Å². The average molecular weight is 412 g/mol. The van der Waals surface area contributed by atoms with Gasteiger partial charge in [0.2, 0.25) is 0 Å². The standard InChI is InChI=1S/C20H17ClF3NO3/c1-13(16-7-2-3-8-17(16)21)25-18(26)12-28-19(27)10-9-14-5-4-6-15(11-14)20(22,23)24/h2-11,13H,12H2,1H3,(H,25,26)/b10-9+/t13-/m0/s1. The summed E-state index contributed by atoms with van der Waals surface area (Å²) in [5, 5.41) is 3.14. The molecule has 1 atom stereocenters. The van der Waals surface area contributed by atoms with Gasteiger partial charge < -0.3 is 10.1 Å². The Hall–Kier alpha value is -2.80. The maximum Gasteiger partial charge on any atom is 0.416 e. The lowest BCUT2D eigenvalue weighted by atomic mass is 10.1. The van der Waals surface area contributed by atoms with E-state index < -0.39 is 30.2 Å². The SMILES string of the molecule is C[C@H](NC(=O)COC(=O)/C=C/c1cccc(C(F)(F)F)c1)c1ccccc1Cl. The van der Waals surface area contributed by atoms with Crippen molar-refractivity contribution in [3.63, 3.8) is 0 Å². The van der Waals surface area contributed by atoms with Crippen LogP contribution < -0.4 is 5.32 Å². The van der Waals surface area contributed by atoms with Gasteiger partial charge in [-0.3, -0.25) is 4.79 Å². The zero-order valence-electron chi connectivity index (χ0n) is 14.8. The Kier molecular flexibility index (Phi) is 7.23. The van der Waals surface area contributed by atoms with Crippen molar-refractivity contribution in [2.45, 2.75) is 19.1 Å². The van der Waals surface area contributed by atoms with Crippen molar-refractivity contribution in [3.8, 4) is 0 Å². The normalized spacial score (nSPS) is 12.6. The fourth-order valence-corrected chi connectivity index (χ4v) is 2.65. The zero-order chi connectivity index (χ0) is 20.7. The van der Waals surface area contributed by atoms with Gasteiger partial charge >= 0.3 is 12.1 Å². The van der Waals surface area contributed by atoms with E-state index in [4.69, 9.17) is 16.3 Å². The van der Waals surface area contributed by atoms with E-state index in [-0.39, 0.29) is 11.6 Å². The fourth-order valence-electron chi connectivity index (χ4n) is 2.35. The summed E-state index contributed by atoms with van der Waals surface area (Å²) in [5.74, 6) is -1.38. The Morgan fingerprint density at radius 3 is 2.57 bits per heavy atom. The number of carbonyl (C=O) groups excluding carboxylic acids is 2. The third-order valence-electron chi connectivity index (χ3n) is 3.72. The molecule has 0 spiro atoms. The van der Waals surface area contributed by atoms with Crippen molar-refractivity contribution in [2.24, 2.45) is 0 Å². The van der Waals surface area contributed by atoms with Gasteiger partial charge in [0.15, 0.2) is 6.61 Å². The van der Waals surface area contributed by atoms with E-state index >= 15 is 0 Å². The Labute approximate surface area is 165 Å². The summed E-state index contributed by atoms with van der Waals surface area (Å²) in [6.45, 7) is 1.20. The third kappa shape index (κ3) is 6.42. The number of hydrogen-bond acceptors (Lipinski definition) is 3. The number of esters is 1. The van der Waals surface area contributed by atoms with Gasteiger partial charge in [-0.15, -0.1) is 0 Å². The van der Waals surface area contributed by atoms with Gasteiger partial charge in [0.1, 0.15) is 0 Å². The summed E-state index contributed by atoms with van der Waals surface area (Å²) in [7, 11) is 0. The predicted molar refractivity (Wildman–Crippen MR) is 99.4 cm³/mol. The van der Waals surface area contributed by atoms with Gasteiger partial charge in [0.05, 0.1) is 11.6 Å². The first-order chi connectivity index (χ1) is 13.2. The van der Waals surface area contributed by atoms with Crippen LogP contribution in [0.3, 0.4) is 0 Å². The lowest BCUT2D eigenvalue weighted by Gasteiger charge is -2.15. The lowest BCUT2D eigenvalue weighted by molar-refractivity contribution is -0.144. The number of alkyl halides is 3. The molecular weight excluding hydrogens is 395 g/mol. The Morgan fingerprint density at radius 1 is 1.18 bits per heavy atom. The molecule has 0 aliphatic rings. The maximum absolute atomic E-state index is 12.7. The molecule has 0 radical (unpaired) electrons. The summed E-state index contributed by atoms with van der Waals surface area (Å²) in [4.78, 5) is 23.6. The van der Waals surface area contributed by atoms with Crippen molar-refractivity contribution < 1.29 is 27.5 Å². The van der Waals surface area contributed by atoms with Gasteiger partial charge in [-0.05, 0) is 42.3 Å². The predicted octanol–water partition coefficient (Wildman–Crippen LogP) is 4.79. The zero-order valence-corrected chi connectivity index (χ0v) is 15.6. The van der Waals surface area contributed by atoms with Crippen LogP contribution in [0.1, 0.15) is 29.7 Å². The molecule has 0 saturated carbocycles. The minimum atomic E-state index is -4.47. The molecule has 0 aliphatic heterocycles. The van der Waals surface area contributed by atoms with Crippen LogP contribution in [0.4, 0.5) is 13.2 Å². The fraction of sp³-hybridized carbons (Fsp3) is 0.200. The second kappa shape index (κ2) is 9.41. The van der Waals surface area contributed by atoms with E-state index in [1.54, 1.807) is 31.2 Å². The molecule has 28 heavy (non-hydrogen) atoms. The van der Waals surface area contributed by atoms with Crippen LogP contribution in [0.5, 0.6) is 0 Å². The van der Waals surface area contributed by atoms with Gasteiger partial charge in [-0.1, -0.05) is 41.9 Å². The molecule has 2 aromatic carbocycles. The van der Waals surface area contributed by atoms with E-state index in [0.29, 0.717) is 10.6 Å². The number of benzene rings is 2. The molecule has 2 aromatic rings. The molecule has 0 fully saturated rings. The number of nitrogens with one attached hydrogen (secondary N) is 1. The molecule has 0 unspecified atom stereocenters. The number of rotatable bonds is 6. The quantitative estimate of drug-likeness (QED) is 0.549. The molecule has 8 heteroatoms.